The van der Waals surface area contributed by atoms with Gasteiger partial charge in [-0.25, -0.2) is 4.79 Å². The van der Waals surface area contributed by atoms with Gasteiger partial charge in [-0.1, -0.05) is 85.7 Å². The van der Waals surface area contributed by atoms with E-state index in [9.17, 15) is 53.4 Å². The molecule has 0 saturated carbocycles. The molecule has 3 aliphatic heterocycles. The predicted octanol–water partition coefficient (Wildman–Crippen LogP) is 1.71. The lowest BCUT2D eigenvalue weighted by molar-refractivity contribution is -0.162. The lowest BCUT2D eigenvalue weighted by atomic mass is 9.95. The van der Waals surface area contributed by atoms with Gasteiger partial charge in [0.25, 0.3) is 11.8 Å². The van der Waals surface area contributed by atoms with Crippen LogP contribution in [0.1, 0.15) is 120 Å². The fourth-order valence-corrected chi connectivity index (χ4v) is 9.76. The molecule has 1 aromatic carbocycles. The fourth-order valence-electron chi connectivity index (χ4n) is 9.76. The largest absolute Gasteiger partial charge is 0.458 e. The molecule has 0 aliphatic carbocycles. The van der Waals surface area contributed by atoms with E-state index < -0.39 is 138 Å². The summed E-state index contributed by atoms with van der Waals surface area (Å²) in [5, 5.41) is 30.0. The van der Waals surface area contributed by atoms with E-state index in [4.69, 9.17) is 9.47 Å². The quantitative estimate of drug-likeness (QED) is 0.177. The summed E-state index contributed by atoms with van der Waals surface area (Å²) in [4.78, 5) is 133. The molecule has 1 aromatic rings. The van der Waals surface area contributed by atoms with Gasteiger partial charge < -0.3 is 55.2 Å². The highest BCUT2D eigenvalue weighted by Gasteiger charge is 2.45. The number of rotatable bonds is 13. The van der Waals surface area contributed by atoms with Crippen LogP contribution in [-0.4, -0.2) is 177 Å². The molecule has 7 amide bonds. The Bertz CT molecular complexity index is 2080. The minimum Gasteiger partial charge on any atom is -0.458 e. The molecule has 0 aromatic heterocycles. The maximum atomic E-state index is 14.8. The molecule has 3 saturated heterocycles. The summed E-state index contributed by atoms with van der Waals surface area (Å²) in [5.41, 5.74) is 0.657. The minimum absolute atomic E-state index is 0.0457. The Morgan fingerprint density at radius 2 is 1.47 bits per heavy atom. The second kappa shape index (κ2) is 26.4. The molecular formula is C52H81N7O13. The van der Waals surface area contributed by atoms with E-state index in [0.29, 0.717) is 24.8 Å². The van der Waals surface area contributed by atoms with Gasteiger partial charge in [-0.3, -0.25) is 38.4 Å². The fraction of sp³-hybridized carbons (Fsp3) is 0.712. The van der Waals surface area contributed by atoms with Gasteiger partial charge in [0.2, 0.25) is 29.5 Å². The first-order valence-corrected chi connectivity index (χ1v) is 25.6. The van der Waals surface area contributed by atoms with Gasteiger partial charge in [0.15, 0.2) is 6.10 Å². The topological polar surface area (TPSA) is 262 Å². The molecule has 4 unspecified atom stereocenters. The number of likely N-dealkylation sites (N-methyl/N-ethyl adjacent to an activating group) is 2. The van der Waals surface area contributed by atoms with Crippen LogP contribution in [0.4, 0.5) is 0 Å². The lowest BCUT2D eigenvalue weighted by Crippen LogP contribution is -2.62. The number of fused-ring (bicyclic) bond motifs is 1. The summed E-state index contributed by atoms with van der Waals surface area (Å²) >= 11 is 0. The molecule has 11 atom stereocenters. The van der Waals surface area contributed by atoms with Gasteiger partial charge in [0, 0.05) is 33.6 Å². The van der Waals surface area contributed by atoms with Crippen LogP contribution in [0.5, 0.6) is 0 Å². The molecule has 4 rings (SSSR count). The SMILES string of the molecule is CC(C)CC(C(=O)N[C@@H]1C(=O)N[C@H](C(C)C)[C@@H](O)CC(=O)O[C@@H](C(C)C)C(=O)N[C@@H](CC(C)C)C(=O)N2CCCC2C(=O)N(C)C(Cc2ccccc2)C(=O)O[C@@H]1C)N(C)C(=O)C1CCCN1C(=O)[C@H](C)O. The van der Waals surface area contributed by atoms with Crippen molar-refractivity contribution in [2.75, 3.05) is 27.2 Å². The van der Waals surface area contributed by atoms with E-state index in [0.717, 1.165) is 0 Å². The third-order valence-electron chi connectivity index (χ3n) is 13.8. The molecule has 20 nitrogen and oxygen atoms in total. The first kappa shape index (κ1) is 58.9. The number of hydrogen-bond acceptors (Lipinski definition) is 13. The predicted molar refractivity (Wildman–Crippen MR) is 265 cm³/mol. The summed E-state index contributed by atoms with van der Waals surface area (Å²) in [7, 11) is 2.84. The highest BCUT2D eigenvalue weighted by Crippen LogP contribution is 2.26. The molecule has 3 heterocycles. The second-order valence-electron chi connectivity index (χ2n) is 21.3. The molecule has 0 spiro atoms. The molecule has 3 fully saturated rings. The number of nitrogens with one attached hydrogen (secondary N) is 3. The maximum Gasteiger partial charge on any atom is 0.329 e. The van der Waals surface area contributed by atoms with Crippen LogP contribution in [0.15, 0.2) is 30.3 Å². The van der Waals surface area contributed by atoms with Gasteiger partial charge in [-0.05, 0) is 81.6 Å². The monoisotopic (exact) mass is 1010 g/mol. The first-order valence-electron chi connectivity index (χ1n) is 25.6. The van der Waals surface area contributed by atoms with Crippen molar-refractivity contribution in [1.82, 2.24) is 35.6 Å². The molecule has 5 N–H and O–H groups in total. The number of ether oxygens (including phenoxy) is 2. The maximum absolute atomic E-state index is 14.8. The molecular weight excluding hydrogens is 931 g/mol. The van der Waals surface area contributed by atoms with Crippen molar-refractivity contribution in [1.29, 1.82) is 0 Å². The Kier molecular flexibility index (Phi) is 21.6. The van der Waals surface area contributed by atoms with Crippen molar-refractivity contribution in [3.8, 4) is 0 Å². The van der Waals surface area contributed by atoms with Crippen molar-refractivity contribution in [2.24, 2.45) is 23.7 Å². The summed E-state index contributed by atoms with van der Waals surface area (Å²) in [6.07, 6.45) is -4.78. The number of aliphatic hydroxyl groups excluding tert-OH is 2. The van der Waals surface area contributed by atoms with Gasteiger partial charge in [-0.15, -0.1) is 0 Å². The normalized spacial score (nSPS) is 27.5. The summed E-state index contributed by atoms with van der Waals surface area (Å²) in [5.74, 6) is -8.09. The number of likely N-dealkylation sites (tertiary alicyclic amines) is 1. The van der Waals surface area contributed by atoms with Crippen LogP contribution < -0.4 is 16.0 Å². The minimum atomic E-state index is -1.71. The number of esters is 2. The van der Waals surface area contributed by atoms with Crippen molar-refractivity contribution in [2.45, 2.75) is 187 Å². The number of benzene rings is 1. The van der Waals surface area contributed by atoms with E-state index in [1.165, 1.54) is 47.5 Å². The van der Waals surface area contributed by atoms with Gasteiger partial charge >= 0.3 is 11.9 Å². The van der Waals surface area contributed by atoms with Crippen molar-refractivity contribution in [3.05, 3.63) is 35.9 Å². The number of cyclic esters (lactones) is 2. The van der Waals surface area contributed by atoms with Gasteiger partial charge in [-0.2, -0.15) is 0 Å². The Morgan fingerprint density at radius 3 is 2.06 bits per heavy atom. The summed E-state index contributed by atoms with van der Waals surface area (Å²) < 4.78 is 11.8. The summed E-state index contributed by atoms with van der Waals surface area (Å²) in [6, 6.07) is 0.329. The van der Waals surface area contributed by atoms with Gasteiger partial charge in [0.05, 0.1) is 18.6 Å². The Hall–Kier alpha value is -5.63. The molecule has 0 bridgehead atoms. The van der Waals surface area contributed by atoms with E-state index in [2.05, 4.69) is 16.0 Å². The van der Waals surface area contributed by atoms with E-state index in [1.807, 2.05) is 27.7 Å². The van der Waals surface area contributed by atoms with Gasteiger partial charge in [0.1, 0.15) is 48.5 Å². The highest BCUT2D eigenvalue weighted by atomic mass is 16.6. The second-order valence-corrected chi connectivity index (χ2v) is 21.3. The highest BCUT2D eigenvalue weighted by molar-refractivity contribution is 5.97. The average molecular weight is 1010 g/mol. The smallest absolute Gasteiger partial charge is 0.329 e. The van der Waals surface area contributed by atoms with Crippen LogP contribution in [0, 0.1) is 23.7 Å². The first-order chi connectivity index (χ1) is 33.7. The van der Waals surface area contributed by atoms with Crippen LogP contribution in [0.3, 0.4) is 0 Å². The number of hydrogen-bond donors (Lipinski definition) is 5. The van der Waals surface area contributed by atoms with E-state index in [1.54, 1.807) is 58.0 Å². The van der Waals surface area contributed by atoms with E-state index >= 15 is 0 Å². The third kappa shape index (κ3) is 15.2. The van der Waals surface area contributed by atoms with Crippen LogP contribution in [-0.2, 0) is 59.0 Å². The Balaban J connectivity index is 1.83. The zero-order valence-corrected chi connectivity index (χ0v) is 44.3. The van der Waals surface area contributed by atoms with Crippen molar-refractivity contribution < 1.29 is 62.8 Å². The molecule has 20 heteroatoms. The standard InChI is InChI=1S/C52H81N7O13/c1-28(2)24-35-49(67)59-23-17-21-37(59)51(69)57(12)39(26-34-18-14-13-15-19-34)52(70)71-33(10)43(46(64)54-42(30(5)6)40(61)27-41(62)72-44(31(7)8)47(65)53-35)55-45(63)38(25-29(3)4)56(11)50(68)36-20-16-22-58(36)48(66)32(9)60/h13-15,18-19,28-33,35-40,42-44,60-61H,16-17,20-27H2,1-12H3,(H,53,65)(H,54,64)(H,55,63)/t32-,33+,35-,36?,37?,38?,39?,40-,42+,43-,44-/m0/s1. The number of carbonyl (C=O) groups excluding carboxylic acids is 9. The van der Waals surface area contributed by atoms with Crippen LogP contribution in [0.25, 0.3) is 0 Å². The zero-order valence-electron chi connectivity index (χ0n) is 44.3. The molecule has 0 radical (unpaired) electrons. The molecule has 72 heavy (non-hydrogen) atoms. The van der Waals surface area contributed by atoms with E-state index in [-0.39, 0.29) is 50.6 Å². The lowest BCUT2D eigenvalue weighted by Gasteiger charge is -2.36. The molecule has 3 aliphatic rings. The molecule has 402 valence electrons. The Labute approximate surface area is 424 Å². The number of carbonyl (C=O) groups is 9. The summed E-state index contributed by atoms with van der Waals surface area (Å²) in [6.45, 7) is 17.2. The van der Waals surface area contributed by atoms with Crippen molar-refractivity contribution >= 4 is 53.3 Å². The zero-order chi connectivity index (χ0) is 53.9. The average Bonchev–Trinajstić information content (AvgIpc) is 4.01. The number of aliphatic hydroxyl groups is 2. The number of amides is 7. The Morgan fingerprint density at radius 1 is 0.833 bits per heavy atom. The third-order valence-corrected chi connectivity index (χ3v) is 13.8. The van der Waals surface area contributed by atoms with Crippen LogP contribution >= 0.6 is 0 Å². The van der Waals surface area contributed by atoms with Crippen LogP contribution in [0.2, 0.25) is 0 Å². The van der Waals surface area contributed by atoms with Crippen molar-refractivity contribution in [3.63, 3.8) is 0 Å². The number of nitrogens with zero attached hydrogens (tertiary/aromatic N) is 4.